The number of methoxy groups -OCH3 is 2. The first-order chi connectivity index (χ1) is 15.9. The van der Waals surface area contributed by atoms with E-state index in [2.05, 4.69) is 14.8 Å². The van der Waals surface area contributed by atoms with Gasteiger partial charge in [0.1, 0.15) is 11.4 Å². The van der Waals surface area contributed by atoms with Crippen molar-refractivity contribution in [3.05, 3.63) is 42.1 Å². The van der Waals surface area contributed by atoms with Gasteiger partial charge < -0.3 is 14.2 Å². The van der Waals surface area contributed by atoms with Crippen LogP contribution in [0.1, 0.15) is 5.69 Å². The second-order valence-electron chi connectivity index (χ2n) is 6.92. The van der Waals surface area contributed by atoms with Crippen LogP contribution in [-0.2, 0) is 11.0 Å². The van der Waals surface area contributed by atoms with Crippen LogP contribution < -0.4 is 14.2 Å². The number of aromatic amines is 1. The summed E-state index contributed by atoms with van der Waals surface area (Å²) < 4.78 is 92.8. The van der Waals surface area contributed by atoms with E-state index in [-0.39, 0.29) is 44.7 Å². The Labute approximate surface area is 186 Å². The smallest absolute Gasteiger partial charge is 0.491 e. The van der Waals surface area contributed by atoms with E-state index in [1.54, 1.807) is 0 Å². The molecule has 2 aromatic carbocycles. The third-order valence-electron chi connectivity index (χ3n) is 4.87. The number of H-pyrrole nitrogens is 1. The third-order valence-corrected chi connectivity index (χ3v) is 4.87. The molecular weight excluding hydrogens is 472 g/mol. The third kappa shape index (κ3) is 4.04. The number of aromatic nitrogens is 3. The highest BCUT2D eigenvalue weighted by Gasteiger charge is 2.41. The minimum atomic E-state index is -5.17. The normalized spacial score (nSPS) is 12.2. The van der Waals surface area contributed by atoms with Crippen LogP contribution in [0.5, 0.6) is 17.2 Å². The van der Waals surface area contributed by atoms with Gasteiger partial charge in [-0.25, -0.2) is 9.78 Å². The van der Waals surface area contributed by atoms with Crippen molar-refractivity contribution in [2.45, 2.75) is 12.4 Å². The minimum Gasteiger partial charge on any atom is -0.493 e. The van der Waals surface area contributed by atoms with E-state index in [9.17, 15) is 31.1 Å². The Morgan fingerprint density at radius 1 is 0.912 bits per heavy atom. The van der Waals surface area contributed by atoms with Crippen LogP contribution >= 0.6 is 0 Å². The van der Waals surface area contributed by atoms with Gasteiger partial charge in [-0.3, -0.25) is 5.10 Å². The summed E-state index contributed by atoms with van der Waals surface area (Å²) in [6.07, 6.45) is -9.92. The van der Waals surface area contributed by atoms with Crippen molar-refractivity contribution in [2.75, 3.05) is 14.2 Å². The van der Waals surface area contributed by atoms with Crippen LogP contribution in [0, 0.1) is 0 Å². The summed E-state index contributed by atoms with van der Waals surface area (Å²) in [4.78, 5) is 15.3. The Morgan fingerprint density at radius 3 is 2.03 bits per heavy atom. The fraction of sp³-hybridized carbons (Fsp3) is 0.190. The maximum atomic E-state index is 13.6. The topological polar surface area (TPSA) is 86.3 Å². The van der Waals surface area contributed by atoms with E-state index < -0.39 is 24.0 Å². The van der Waals surface area contributed by atoms with Gasteiger partial charge in [-0.1, -0.05) is 0 Å². The van der Waals surface area contributed by atoms with E-state index in [1.807, 2.05) is 5.10 Å². The van der Waals surface area contributed by atoms with Gasteiger partial charge >= 0.3 is 18.3 Å². The Balaban J connectivity index is 1.93. The van der Waals surface area contributed by atoms with E-state index in [0.29, 0.717) is 5.56 Å². The predicted molar refractivity (Wildman–Crippen MR) is 107 cm³/mol. The number of pyridine rings is 1. The molecule has 0 fully saturated rings. The van der Waals surface area contributed by atoms with Crippen molar-refractivity contribution in [1.82, 2.24) is 15.2 Å². The van der Waals surface area contributed by atoms with E-state index in [1.165, 1.54) is 38.5 Å². The number of nitrogens with one attached hydrogen (secondary N) is 1. The zero-order chi connectivity index (χ0) is 24.8. The number of carbonyl (C=O) groups is 1. The summed E-state index contributed by atoms with van der Waals surface area (Å²) in [6, 6.07) is 7.60. The number of benzene rings is 2. The van der Waals surface area contributed by atoms with E-state index >= 15 is 0 Å². The average molecular weight is 485 g/mol. The molecule has 0 saturated heterocycles. The van der Waals surface area contributed by atoms with Crippen LogP contribution in [0.4, 0.5) is 26.3 Å². The number of hydrogen-bond acceptors (Lipinski definition) is 6. The number of ether oxygens (including phenoxy) is 3. The van der Waals surface area contributed by atoms with Crippen molar-refractivity contribution in [3.63, 3.8) is 0 Å². The van der Waals surface area contributed by atoms with Gasteiger partial charge in [0.15, 0.2) is 17.1 Å². The van der Waals surface area contributed by atoms with Crippen molar-refractivity contribution in [3.8, 4) is 28.5 Å². The van der Waals surface area contributed by atoms with Crippen molar-refractivity contribution in [2.24, 2.45) is 0 Å². The van der Waals surface area contributed by atoms with Crippen molar-refractivity contribution < 1.29 is 45.3 Å². The monoisotopic (exact) mass is 485 g/mol. The van der Waals surface area contributed by atoms with E-state index in [4.69, 9.17) is 9.47 Å². The number of hydrogen-bond donors (Lipinski definition) is 1. The molecule has 34 heavy (non-hydrogen) atoms. The molecule has 4 aromatic rings. The second-order valence-corrected chi connectivity index (χ2v) is 6.92. The lowest BCUT2D eigenvalue weighted by molar-refractivity contribution is -0.189. The molecule has 0 saturated carbocycles. The maximum Gasteiger partial charge on any atom is 0.491 e. The molecule has 0 aliphatic carbocycles. The summed E-state index contributed by atoms with van der Waals surface area (Å²) in [5.74, 6) is -2.39. The molecule has 13 heteroatoms. The highest BCUT2D eigenvalue weighted by Crippen LogP contribution is 2.43. The summed E-state index contributed by atoms with van der Waals surface area (Å²) in [6.45, 7) is 0. The first-order valence-electron chi connectivity index (χ1n) is 9.34. The summed E-state index contributed by atoms with van der Waals surface area (Å²) in [7, 11) is 2.67. The number of rotatable bonds is 4. The quantitative estimate of drug-likeness (QED) is 0.241. The lowest BCUT2D eigenvalue weighted by atomic mass is 10.00. The Bertz CT molecular complexity index is 1390. The molecular formula is C21H13F6N3O4. The van der Waals surface area contributed by atoms with Crippen LogP contribution in [0.2, 0.25) is 0 Å². The number of nitrogens with zero attached hydrogens (tertiary/aromatic N) is 2. The van der Waals surface area contributed by atoms with Crippen LogP contribution in [0.25, 0.3) is 33.1 Å². The summed E-state index contributed by atoms with van der Waals surface area (Å²) in [5, 5.41) is 5.69. The lowest BCUT2D eigenvalue weighted by Crippen LogP contribution is -2.27. The average Bonchev–Trinajstić information content (AvgIpc) is 3.22. The van der Waals surface area contributed by atoms with Gasteiger partial charge in [-0.05, 0) is 36.4 Å². The van der Waals surface area contributed by atoms with Crippen LogP contribution in [-0.4, -0.2) is 41.5 Å². The van der Waals surface area contributed by atoms with Gasteiger partial charge in [0.2, 0.25) is 0 Å². The molecule has 0 aliphatic heterocycles. The summed E-state index contributed by atoms with van der Waals surface area (Å²) in [5.41, 5.74) is -0.873. The maximum absolute atomic E-state index is 13.6. The molecule has 2 heterocycles. The number of carbonyl (C=O) groups excluding carboxylic acids is 1. The van der Waals surface area contributed by atoms with Gasteiger partial charge in [-0.15, -0.1) is 0 Å². The Kier molecular flexibility index (Phi) is 5.50. The van der Waals surface area contributed by atoms with E-state index in [0.717, 1.165) is 12.1 Å². The molecule has 1 N–H and O–H groups in total. The number of halogens is 6. The summed E-state index contributed by atoms with van der Waals surface area (Å²) >= 11 is 0. The molecule has 0 bridgehead atoms. The highest BCUT2D eigenvalue weighted by molar-refractivity contribution is 6.12. The first-order valence-corrected chi connectivity index (χ1v) is 9.34. The minimum absolute atomic E-state index is 0.103. The SMILES string of the molecule is COc1cc2c(-c3ccc(OC(=O)C(F)(F)F)cc3)nc3n[nH]c(C(F)(F)F)c3c2cc1OC. The van der Waals surface area contributed by atoms with Gasteiger partial charge in [0, 0.05) is 16.3 Å². The number of alkyl halides is 6. The van der Waals surface area contributed by atoms with Crippen molar-refractivity contribution >= 4 is 27.8 Å². The highest BCUT2D eigenvalue weighted by atomic mass is 19.4. The van der Waals surface area contributed by atoms with Gasteiger partial charge in [-0.2, -0.15) is 31.4 Å². The molecule has 7 nitrogen and oxygen atoms in total. The zero-order valence-corrected chi connectivity index (χ0v) is 17.3. The molecule has 0 amide bonds. The Morgan fingerprint density at radius 2 is 1.50 bits per heavy atom. The van der Waals surface area contributed by atoms with Crippen LogP contribution in [0.3, 0.4) is 0 Å². The molecule has 0 unspecified atom stereocenters. The number of esters is 1. The van der Waals surface area contributed by atoms with Gasteiger partial charge in [0.25, 0.3) is 0 Å². The predicted octanol–water partition coefficient (Wildman–Crippen LogP) is 5.28. The first kappa shape index (κ1) is 23.1. The fourth-order valence-electron chi connectivity index (χ4n) is 3.39. The zero-order valence-electron chi connectivity index (χ0n) is 17.3. The molecule has 0 atom stereocenters. The fourth-order valence-corrected chi connectivity index (χ4v) is 3.39. The molecule has 178 valence electrons. The molecule has 0 radical (unpaired) electrons. The molecule has 0 spiro atoms. The Hall–Kier alpha value is -4.03. The lowest BCUT2D eigenvalue weighted by Gasteiger charge is -2.14. The number of fused-ring (bicyclic) bond motifs is 3. The molecule has 4 rings (SSSR count). The van der Waals surface area contributed by atoms with Crippen LogP contribution in [0.15, 0.2) is 36.4 Å². The van der Waals surface area contributed by atoms with Crippen molar-refractivity contribution in [1.29, 1.82) is 0 Å². The largest absolute Gasteiger partial charge is 0.493 e. The second kappa shape index (κ2) is 8.08. The standard InChI is InChI=1S/C21H13F6N3O4/c1-32-13-7-11-12(8-14(13)33-2)16(28-18-15(11)17(29-30-18)20(22,23)24)9-3-5-10(6-4-9)34-19(31)21(25,26)27/h3-8H,1-2H3,(H,28,29,30). The van der Waals surface area contributed by atoms with Gasteiger partial charge in [0.05, 0.1) is 25.3 Å². The molecule has 2 aromatic heterocycles. The molecule has 0 aliphatic rings.